The second-order valence-corrected chi connectivity index (χ2v) is 7.34. The van der Waals surface area contributed by atoms with Gasteiger partial charge in [-0.1, -0.05) is 6.07 Å². The molecule has 10 atom stereocenters. The second kappa shape index (κ2) is 8.47. The van der Waals surface area contributed by atoms with Gasteiger partial charge in [-0.3, -0.25) is 0 Å². The van der Waals surface area contributed by atoms with Crippen LogP contribution in [0.4, 0.5) is 11.4 Å². The molecular weight excluding hydrogens is 372 g/mol. The summed E-state index contributed by atoms with van der Waals surface area (Å²) >= 11 is 0. The number of aliphatic hydroxyl groups is 6. The van der Waals surface area contributed by atoms with Crippen LogP contribution in [-0.4, -0.2) is 91.9 Å². The zero-order chi connectivity index (χ0) is 20.6. The summed E-state index contributed by atoms with van der Waals surface area (Å²) in [6, 6.07) is 6.79. The molecule has 0 aliphatic carbocycles. The number of ether oxygens (including phenoxy) is 2. The molecule has 0 radical (unpaired) electrons. The van der Waals surface area contributed by atoms with Crippen LogP contribution < -0.4 is 10.6 Å². The van der Waals surface area contributed by atoms with Crippen LogP contribution in [0.3, 0.4) is 0 Å². The maximum Gasteiger partial charge on any atom is 0.157 e. The van der Waals surface area contributed by atoms with Crippen molar-refractivity contribution in [2.24, 2.45) is 0 Å². The van der Waals surface area contributed by atoms with E-state index in [1.165, 1.54) is 0 Å². The molecule has 3 rings (SSSR count). The fraction of sp³-hybridized carbons (Fsp3) is 0.667. The molecule has 10 heteroatoms. The smallest absolute Gasteiger partial charge is 0.157 e. The van der Waals surface area contributed by atoms with E-state index in [0.717, 1.165) is 0 Å². The van der Waals surface area contributed by atoms with Crippen molar-refractivity contribution in [3.63, 3.8) is 0 Å². The molecule has 0 amide bonds. The van der Waals surface area contributed by atoms with Crippen molar-refractivity contribution in [2.75, 3.05) is 10.6 Å². The molecule has 8 N–H and O–H groups in total. The van der Waals surface area contributed by atoms with E-state index in [9.17, 15) is 30.6 Å². The van der Waals surface area contributed by atoms with Gasteiger partial charge in [0.15, 0.2) is 12.5 Å². The van der Waals surface area contributed by atoms with Crippen molar-refractivity contribution in [1.29, 1.82) is 0 Å². The molecule has 2 heterocycles. The Kier molecular flexibility index (Phi) is 6.42. The minimum absolute atomic E-state index is 0.545. The van der Waals surface area contributed by atoms with Crippen LogP contribution in [0.5, 0.6) is 0 Å². The van der Waals surface area contributed by atoms with Gasteiger partial charge in [0, 0.05) is 11.4 Å². The Bertz CT molecular complexity index is 613. The summed E-state index contributed by atoms with van der Waals surface area (Å²) in [6.07, 6.45) is -10.9. The first kappa shape index (κ1) is 21.2. The molecule has 158 valence electrons. The fourth-order valence-electron chi connectivity index (χ4n) is 3.37. The Morgan fingerprint density at radius 1 is 0.643 bits per heavy atom. The molecular formula is C18H28N2O8. The van der Waals surface area contributed by atoms with Crippen molar-refractivity contribution in [2.45, 2.75) is 75.1 Å². The highest BCUT2D eigenvalue weighted by atomic mass is 16.6. The topological polar surface area (TPSA) is 164 Å². The molecule has 28 heavy (non-hydrogen) atoms. The zero-order valence-corrected chi connectivity index (χ0v) is 15.6. The van der Waals surface area contributed by atoms with E-state index in [4.69, 9.17) is 9.47 Å². The van der Waals surface area contributed by atoms with Crippen LogP contribution >= 0.6 is 0 Å². The lowest BCUT2D eigenvalue weighted by atomic mass is 9.98. The van der Waals surface area contributed by atoms with E-state index < -0.39 is 61.3 Å². The summed E-state index contributed by atoms with van der Waals surface area (Å²) in [7, 11) is 0. The van der Waals surface area contributed by atoms with Crippen molar-refractivity contribution < 1.29 is 40.1 Å². The number of hydrogen-bond donors (Lipinski definition) is 8. The van der Waals surface area contributed by atoms with Gasteiger partial charge in [0.1, 0.15) is 36.6 Å². The highest BCUT2D eigenvalue weighted by Gasteiger charge is 2.43. The van der Waals surface area contributed by atoms with E-state index in [1.54, 1.807) is 38.1 Å². The summed E-state index contributed by atoms with van der Waals surface area (Å²) in [4.78, 5) is 0. The maximum absolute atomic E-state index is 10.1. The third kappa shape index (κ3) is 4.24. The maximum atomic E-state index is 10.1. The molecule has 0 aromatic heterocycles. The Labute approximate surface area is 162 Å². The van der Waals surface area contributed by atoms with Gasteiger partial charge in [-0.15, -0.1) is 0 Å². The van der Waals surface area contributed by atoms with Crippen LogP contribution in [0.2, 0.25) is 0 Å². The van der Waals surface area contributed by atoms with E-state index in [-0.39, 0.29) is 0 Å². The number of hydrogen-bond acceptors (Lipinski definition) is 10. The number of anilines is 2. The van der Waals surface area contributed by atoms with Crippen molar-refractivity contribution in [3.05, 3.63) is 24.3 Å². The van der Waals surface area contributed by atoms with E-state index in [1.807, 2.05) is 0 Å². The monoisotopic (exact) mass is 400 g/mol. The van der Waals surface area contributed by atoms with Crippen LogP contribution in [0, 0.1) is 0 Å². The SMILES string of the molecule is C[C@@H]1O[C@@H](Nc2cccc(N[C@H]3O[C@@H](C)[C@@H](O)[C@@H](O)[C@H]3O)c2)[C@@H](O)[C@@H](O)[C@H]1O. The van der Waals surface area contributed by atoms with E-state index >= 15 is 0 Å². The predicted octanol–water partition coefficient (Wildman–Crippen LogP) is -1.83. The van der Waals surface area contributed by atoms with Gasteiger partial charge < -0.3 is 50.7 Å². The standard InChI is InChI=1S/C18H28N2O8/c1-7-11(21)13(23)15(25)17(27-7)19-9-4-3-5-10(6-9)20-18-16(26)14(24)12(22)8(2)28-18/h3-8,11-26H,1-2H3/t7-,8-,11-,12+,13-,14+,15-,16+,17+,18-/m0/s1. The molecule has 2 aliphatic heterocycles. The van der Waals surface area contributed by atoms with Gasteiger partial charge in [0.25, 0.3) is 0 Å². The Hall–Kier alpha value is -1.50. The lowest BCUT2D eigenvalue weighted by molar-refractivity contribution is -0.209. The first-order chi connectivity index (χ1) is 13.2. The molecule has 1 aromatic carbocycles. The van der Waals surface area contributed by atoms with Crippen LogP contribution in [0.25, 0.3) is 0 Å². The second-order valence-electron chi connectivity index (χ2n) is 7.34. The third-order valence-corrected chi connectivity index (χ3v) is 5.18. The number of benzene rings is 1. The first-order valence-electron chi connectivity index (χ1n) is 9.21. The van der Waals surface area contributed by atoms with Gasteiger partial charge in [-0.2, -0.15) is 0 Å². The third-order valence-electron chi connectivity index (χ3n) is 5.18. The lowest BCUT2D eigenvalue weighted by Crippen LogP contribution is -2.59. The largest absolute Gasteiger partial charge is 0.388 e. The molecule has 2 saturated heterocycles. The number of rotatable bonds is 4. The average molecular weight is 400 g/mol. The minimum Gasteiger partial charge on any atom is -0.388 e. The molecule has 10 nitrogen and oxygen atoms in total. The summed E-state index contributed by atoms with van der Waals surface area (Å²) < 4.78 is 11.0. The van der Waals surface area contributed by atoms with Gasteiger partial charge in [-0.25, -0.2) is 0 Å². The lowest BCUT2D eigenvalue weighted by Gasteiger charge is -2.40. The van der Waals surface area contributed by atoms with Crippen molar-refractivity contribution >= 4 is 11.4 Å². The summed E-state index contributed by atoms with van der Waals surface area (Å²) in [5.74, 6) is 0. The quantitative estimate of drug-likeness (QED) is 0.288. The van der Waals surface area contributed by atoms with Gasteiger partial charge >= 0.3 is 0 Å². The summed E-state index contributed by atoms with van der Waals surface area (Å²) in [6.45, 7) is 3.18. The summed E-state index contributed by atoms with van der Waals surface area (Å²) in [5.41, 5.74) is 1.09. The van der Waals surface area contributed by atoms with E-state index in [2.05, 4.69) is 10.6 Å². The Morgan fingerprint density at radius 2 is 1.04 bits per heavy atom. The van der Waals surface area contributed by atoms with Crippen LogP contribution in [0.15, 0.2) is 24.3 Å². The molecule has 2 fully saturated rings. The predicted molar refractivity (Wildman–Crippen MR) is 98.4 cm³/mol. The number of aliphatic hydroxyl groups excluding tert-OH is 6. The minimum atomic E-state index is -1.34. The van der Waals surface area contributed by atoms with Crippen LogP contribution in [0.1, 0.15) is 13.8 Å². The normalized spacial score (nSPS) is 44.1. The molecule has 0 spiro atoms. The van der Waals surface area contributed by atoms with Crippen molar-refractivity contribution in [1.82, 2.24) is 0 Å². The molecule has 0 unspecified atom stereocenters. The number of nitrogens with one attached hydrogen (secondary N) is 2. The van der Waals surface area contributed by atoms with Crippen LogP contribution in [-0.2, 0) is 9.47 Å². The molecule has 0 bridgehead atoms. The first-order valence-corrected chi connectivity index (χ1v) is 9.21. The van der Waals surface area contributed by atoms with E-state index in [0.29, 0.717) is 11.4 Å². The van der Waals surface area contributed by atoms with Gasteiger partial charge in [-0.05, 0) is 32.0 Å². The molecule has 2 aliphatic rings. The van der Waals surface area contributed by atoms with Crippen molar-refractivity contribution in [3.8, 4) is 0 Å². The van der Waals surface area contributed by atoms with Gasteiger partial charge in [0.05, 0.1) is 12.2 Å². The summed E-state index contributed by atoms with van der Waals surface area (Å²) in [5, 5.41) is 65.5. The Morgan fingerprint density at radius 3 is 1.43 bits per heavy atom. The Balaban J connectivity index is 1.67. The highest BCUT2D eigenvalue weighted by molar-refractivity contribution is 5.57. The molecule has 1 aromatic rings. The average Bonchev–Trinajstić information content (AvgIpc) is 2.67. The highest BCUT2D eigenvalue weighted by Crippen LogP contribution is 2.26. The molecule has 0 saturated carbocycles. The zero-order valence-electron chi connectivity index (χ0n) is 15.6. The van der Waals surface area contributed by atoms with Gasteiger partial charge in [0.2, 0.25) is 0 Å². The fourth-order valence-corrected chi connectivity index (χ4v) is 3.37.